The van der Waals surface area contributed by atoms with Gasteiger partial charge in [0.2, 0.25) is 6.17 Å². The molecule has 1 aliphatic heterocycles. The standard InChI is InChI=1S/C15H10F3N7O3/c16-15(17,18)10-3-1-2-4-12(10)20-14(26)19-11-6-5-8(25(27)28)7-9(11)13-21-23-24-22-13/h1-7,13H,(H2,19,20,26). The average Bonchev–Trinajstić information content (AvgIpc) is 3.15. The fraction of sp³-hybridized carbons (Fsp3) is 0.133. The first-order valence-corrected chi connectivity index (χ1v) is 7.58. The van der Waals surface area contributed by atoms with E-state index in [2.05, 4.69) is 31.3 Å². The van der Waals surface area contributed by atoms with Crippen LogP contribution >= 0.6 is 0 Å². The van der Waals surface area contributed by atoms with E-state index < -0.39 is 34.5 Å². The Morgan fingerprint density at radius 3 is 2.32 bits per heavy atom. The van der Waals surface area contributed by atoms with Gasteiger partial charge in [-0.25, -0.2) is 4.79 Å². The van der Waals surface area contributed by atoms with Crippen LogP contribution in [0, 0.1) is 10.1 Å². The number of nitro benzene ring substituents is 1. The van der Waals surface area contributed by atoms with Gasteiger partial charge in [0.1, 0.15) is 0 Å². The lowest BCUT2D eigenvalue weighted by molar-refractivity contribution is -0.384. The Kier molecular flexibility index (Phi) is 4.98. The molecule has 3 rings (SSSR count). The fourth-order valence-electron chi connectivity index (χ4n) is 2.40. The highest BCUT2D eigenvalue weighted by Gasteiger charge is 2.33. The fourth-order valence-corrected chi connectivity index (χ4v) is 2.40. The van der Waals surface area contributed by atoms with Crippen LogP contribution < -0.4 is 10.6 Å². The number of halogens is 3. The Morgan fingerprint density at radius 1 is 1.04 bits per heavy atom. The van der Waals surface area contributed by atoms with E-state index in [0.29, 0.717) is 0 Å². The molecule has 0 saturated carbocycles. The number of alkyl halides is 3. The van der Waals surface area contributed by atoms with Gasteiger partial charge in [0.25, 0.3) is 5.69 Å². The van der Waals surface area contributed by atoms with E-state index in [9.17, 15) is 28.1 Å². The minimum absolute atomic E-state index is 0.0531. The first kappa shape index (κ1) is 18.9. The Morgan fingerprint density at radius 2 is 1.68 bits per heavy atom. The van der Waals surface area contributed by atoms with Gasteiger partial charge in [0.05, 0.1) is 21.9 Å². The summed E-state index contributed by atoms with van der Waals surface area (Å²) in [6.45, 7) is 0. The summed E-state index contributed by atoms with van der Waals surface area (Å²) in [5, 5.41) is 29.3. The number of non-ortho nitro benzene ring substituents is 1. The number of anilines is 2. The molecule has 28 heavy (non-hydrogen) atoms. The van der Waals surface area contributed by atoms with Crippen molar-refractivity contribution in [3.05, 3.63) is 63.7 Å². The van der Waals surface area contributed by atoms with Gasteiger partial charge in [-0.3, -0.25) is 10.1 Å². The number of nitrogens with zero attached hydrogens (tertiary/aromatic N) is 5. The van der Waals surface area contributed by atoms with E-state index in [4.69, 9.17) is 0 Å². The Hall–Kier alpha value is -3.90. The molecule has 0 aromatic heterocycles. The molecule has 1 heterocycles. The van der Waals surface area contributed by atoms with Crippen molar-refractivity contribution in [1.82, 2.24) is 0 Å². The lowest BCUT2D eigenvalue weighted by Gasteiger charge is -2.15. The third kappa shape index (κ3) is 4.08. The molecule has 0 atom stereocenters. The molecular weight excluding hydrogens is 383 g/mol. The number of amides is 2. The number of carbonyl (C=O) groups excluding carboxylic acids is 1. The van der Waals surface area contributed by atoms with E-state index in [0.717, 1.165) is 24.3 Å². The molecular formula is C15H10F3N7O3. The lowest BCUT2D eigenvalue weighted by Crippen LogP contribution is -2.22. The van der Waals surface area contributed by atoms with Crippen LogP contribution in [-0.2, 0) is 6.18 Å². The minimum Gasteiger partial charge on any atom is -0.307 e. The topological polar surface area (TPSA) is 134 Å². The van der Waals surface area contributed by atoms with E-state index in [1.807, 2.05) is 0 Å². The summed E-state index contributed by atoms with van der Waals surface area (Å²) in [5.74, 6) is 0. The summed E-state index contributed by atoms with van der Waals surface area (Å²) < 4.78 is 39.1. The average molecular weight is 393 g/mol. The zero-order valence-electron chi connectivity index (χ0n) is 13.7. The highest BCUT2D eigenvalue weighted by atomic mass is 19.4. The van der Waals surface area contributed by atoms with Crippen LogP contribution in [0.4, 0.5) is 35.0 Å². The van der Waals surface area contributed by atoms with Gasteiger partial charge in [0, 0.05) is 17.7 Å². The maximum atomic E-state index is 13.0. The van der Waals surface area contributed by atoms with Gasteiger partial charge in [-0.1, -0.05) is 12.1 Å². The van der Waals surface area contributed by atoms with Gasteiger partial charge in [-0.05, 0) is 28.6 Å². The van der Waals surface area contributed by atoms with Crippen molar-refractivity contribution in [3.8, 4) is 0 Å². The number of carbonyl (C=O) groups is 1. The van der Waals surface area contributed by atoms with Crippen LogP contribution in [0.25, 0.3) is 0 Å². The predicted molar refractivity (Wildman–Crippen MR) is 89.6 cm³/mol. The van der Waals surface area contributed by atoms with Crippen molar-refractivity contribution >= 4 is 23.1 Å². The molecule has 1 aliphatic rings. The second kappa shape index (κ2) is 7.38. The number of rotatable bonds is 4. The summed E-state index contributed by atoms with van der Waals surface area (Å²) in [6.07, 6.45) is -5.68. The van der Waals surface area contributed by atoms with Crippen LogP contribution in [-0.4, -0.2) is 11.0 Å². The number of para-hydroxylation sites is 1. The molecule has 0 spiro atoms. The first-order chi connectivity index (χ1) is 13.3. The van der Waals surface area contributed by atoms with E-state index >= 15 is 0 Å². The summed E-state index contributed by atoms with van der Waals surface area (Å²) in [6, 6.07) is 6.91. The second-order valence-electron chi connectivity index (χ2n) is 5.43. The minimum atomic E-state index is -4.66. The second-order valence-corrected chi connectivity index (χ2v) is 5.43. The zero-order chi connectivity index (χ0) is 20.3. The molecule has 144 valence electrons. The molecule has 10 nitrogen and oxygen atoms in total. The molecule has 0 unspecified atom stereocenters. The van der Waals surface area contributed by atoms with Crippen LogP contribution in [0.2, 0.25) is 0 Å². The quantitative estimate of drug-likeness (QED) is 0.553. The van der Waals surface area contributed by atoms with Gasteiger partial charge < -0.3 is 10.6 Å². The summed E-state index contributed by atoms with van der Waals surface area (Å²) >= 11 is 0. The molecule has 2 aromatic rings. The molecule has 0 radical (unpaired) electrons. The van der Waals surface area contributed by atoms with Crippen molar-refractivity contribution in [1.29, 1.82) is 0 Å². The van der Waals surface area contributed by atoms with Crippen molar-refractivity contribution in [2.45, 2.75) is 12.3 Å². The van der Waals surface area contributed by atoms with Crippen molar-refractivity contribution in [2.75, 3.05) is 10.6 Å². The third-order valence-electron chi connectivity index (χ3n) is 3.62. The molecule has 13 heteroatoms. The largest absolute Gasteiger partial charge is 0.418 e. The van der Waals surface area contributed by atoms with Crippen molar-refractivity contribution < 1.29 is 22.9 Å². The highest BCUT2D eigenvalue weighted by molar-refractivity contribution is 6.00. The Bertz CT molecular complexity index is 979. The van der Waals surface area contributed by atoms with E-state index in [1.165, 1.54) is 18.2 Å². The SMILES string of the molecule is O=C(Nc1ccc([N+](=O)[O-])cc1C1N=NN=N1)Nc1ccccc1C(F)(F)F. The van der Waals surface area contributed by atoms with Gasteiger partial charge in [-0.2, -0.15) is 13.2 Å². The monoisotopic (exact) mass is 393 g/mol. The predicted octanol–water partition coefficient (Wildman–Crippen LogP) is 5.09. The third-order valence-corrected chi connectivity index (χ3v) is 3.62. The smallest absolute Gasteiger partial charge is 0.307 e. The van der Waals surface area contributed by atoms with Crippen LogP contribution in [0.5, 0.6) is 0 Å². The molecule has 2 N–H and O–H groups in total. The van der Waals surface area contributed by atoms with Gasteiger partial charge in [-0.15, -0.1) is 10.2 Å². The highest BCUT2D eigenvalue weighted by Crippen LogP contribution is 2.35. The summed E-state index contributed by atoms with van der Waals surface area (Å²) in [7, 11) is 0. The molecule has 0 aliphatic carbocycles. The number of urea groups is 1. The number of hydrogen-bond donors (Lipinski definition) is 2. The normalized spacial score (nSPS) is 13.5. The molecule has 0 fully saturated rings. The molecule has 2 amide bonds. The number of nitro groups is 1. The molecule has 0 bridgehead atoms. The maximum Gasteiger partial charge on any atom is 0.418 e. The molecule has 2 aromatic carbocycles. The summed E-state index contributed by atoms with van der Waals surface area (Å²) in [5.41, 5.74) is -1.60. The first-order valence-electron chi connectivity index (χ1n) is 7.58. The van der Waals surface area contributed by atoms with Crippen LogP contribution in [0.1, 0.15) is 17.3 Å². The molecule has 0 saturated heterocycles. The maximum absolute atomic E-state index is 13.0. The van der Waals surface area contributed by atoms with Crippen LogP contribution in [0.15, 0.2) is 63.1 Å². The van der Waals surface area contributed by atoms with E-state index in [1.54, 1.807) is 0 Å². The van der Waals surface area contributed by atoms with Crippen LogP contribution in [0.3, 0.4) is 0 Å². The number of benzene rings is 2. The van der Waals surface area contributed by atoms with Gasteiger partial charge in [0.15, 0.2) is 0 Å². The van der Waals surface area contributed by atoms with Gasteiger partial charge >= 0.3 is 12.2 Å². The number of nitrogens with one attached hydrogen (secondary N) is 2. The number of hydrogen-bond acceptors (Lipinski definition) is 7. The Labute approximate surface area is 154 Å². The van der Waals surface area contributed by atoms with Crippen molar-refractivity contribution in [2.24, 2.45) is 20.7 Å². The van der Waals surface area contributed by atoms with Crippen molar-refractivity contribution in [3.63, 3.8) is 0 Å². The van der Waals surface area contributed by atoms with E-state index in [-0.39, 0.29) is 16.9 Å². The summed E-state index contributed by atoms with van der Waals surface area (Å²) in [4.78, 5) is 22.5. The Balaban J connectivity index is 1.86. The zero-order valence-corrected chi connectivity index (χ0v) is 13.7. The lowest BCUT2D eigenvalue weighted by atomic mass is 10.1.